The van der Waals surface area contributed by atoms with Crippen LogP contribution in [0.3, 0.4) is 0 Å². The Labute approximate surface area is 109 Å². The van der Waals surface area contributed by atoms with Gasteiger partial charge in [0.1, 0.15) is 0 Å². The van der Waals surface area contributed by atoms with Gasteiger partial charge in [0.05, 0.1) is 32.0 Å². The van der Waals surface area contributed by atoms with Crippen molar-refractivity contribution >= 4 is 0 Å². The number of methoxy groups -OCH3 is 1. The topological polar surface area (TPSA) is 51.2 Å². The first-order valence-corrected chi connectivity index (χ1v) is 6.73. The van der Waals surface area contributed by atoms with Gasteiger partial charge in [-0.1, -0.05) is 0 Å². The van der Waals surface area contributed by atoms with Crippen LogP contribution in [-0.4, -0.2) is 74.9 Å². The van der Waals surface area contributed by atoms with Crippen LogP contribution in [0, 0.1) is 0 Å². The Morgan fingerprint density at radius 3 is 2.50 bits per heavy atom. The van der Waals surface area contributed by atoms with Crippen LogP contribution in [0.2, 0.25) is 0 Å². The molecule has 0 aliphatic carbocycles. The van der Waals surface area contributed by atoms with Crippen LogP contribution in [0.25, 0.3) is 0 Å². The Morgan fingerprint density at radius 1 is 1.22 bits per heavy atom. The maximum Gasteiger partial charge on any atom is 0.0701 e. The Hall–Kier alpha value is -0.200. The van der Waals surface area contributed by atoms with E-state index in [0.29, 0.717) is 38.3 Å². The van der Waals surface area contributed by atoms with E-state index >= 15 is 0 Å². The van der Waals surface area contributed by atoms with Gasteiger partial charge in [0.25, 0.3) is 0 Å². The van der Waals surface area contributed by atoms with E-state index < -0.39 is 5.60 Å². The van der Waals surface area contributed by atoms with Gasteiger partial charge in [-0.05, 0) is 26.3 Å². The first kappa shape index (κ1) is 14.2. The summed E-state index contributed by atoms with van der Waals surface area (Å²) in [6.45, 7) is 3.28. The third-order valence-electron chi connectivity index (χ3n) is 4.15. The molecule has 2 aliphatic rings. The molecule has 1 N–H and O–H groups in total. The van der Waals surface area contributed by atoms with Crippen LogP contribution in [0.4, 0.5) is 0 Å². The number of hydrogen-bond donors (Lipinski definition) is 1. The van der Waals surface area contributed by atoms with Gasteiger partial charge in [-0.25, -0.2) is 0 Å². The lowest BCUT2D eigenvalue weighted by molar-refractivity contribution is -0.141. The van der Waals surface area contributed by atoms with Gasteiger partial charge < -0.3 is 19.3 Å². The summed E-state index contributed by atoms with van der Waals surface area (Å²) in [5, 5.41) is 10.7. The van der Waals surface area contributed by atoms with Gasteiger partial charge >= 0.3 is 0 Å². The Kier molecular flexibility index (Phi) is 4.98. The molecule has 2 atom stereocenters. The quantitative estimate of drug-likeness (QED) is 0.694. The van der Waals surface area contributed by atoms with Gasteiger partial charge in [0.15, 0.2) is 0 Å². The lowest BCUT2D eigenvalue weighted by Gasteiger charge is -2.50. The molecule has 0 amide bonds. The van der Waals surface area contributed by atoms with Crippen molar-refractivity contribution in [1.29, 1.82) is 0 Å². The van der Waals surface area contributed by atoms with Crippen molar-refractivity contribution in [2.45, 2.75) is 36.9 Å². The molecular weight excluding hydrogens is 234 g/mol. The fourth-order valence-electron chi connectivity index (χ4n) is 2.95. The Bertz CT molecular complexity index is 247. The van der Waals surface area contributed by atoms with Crippen LogP contribution in [-0.2, 0) is 14.2 Å². The number of nitrogens with zero attached hydrogens (tertiary/aromatic N) is 1. The maximum atomic E-state index is 10.7. The van der Waals surface area contributed by atoms with E-state index in [2.05, 4.69) is 11.9 Å². The number of hydrogen-bond acceptors (Lipinski definition) is 5. The molecular formula is C13H25NO4. The van der Waals surface area contributed by atoms with Crippen LogP contribution < -0.4 is 0 Å². The standard InChI is InChI=1S/C13H25NO4/c1-14-11-7-13(15,3-4-17-6-5-16-2)8-12(14)10-18-9-11/h11-12,15H,3-10H2,1-2H3. The van der Waals surface area contributed by atoms with Crippen molar-refractivity contribution in [3.05, 3.63) is 0 Å². The lowest BCUT2D eigenvalue weighted by atomic mass is 9.80. The number of fused-ring (bicyclic) bond motifs is 2. The molecule has 18 heavy (non-hydrogen) atoms. The summed E-state index contributed by atoms with van der Waals surface area (Å²) < 4.78 is 15.9. The van der Waals surface area contributed by atoms with Crippen molar-refractivity contribution in [1.82, 2.24) is 4.90 Å². The van der Waals surface area contributed by atoms with Gasteiger partial charge in [-0.3, -0.25) is 4.90 Å². The van der Waals surface area contributed by atoms with Crippen LogP contribution >= 0.6 is 0 Å². The van der Waals surface area contributed by atoms with E-state index in [1.165, 1.54) is 0 Å². The molecule has 0 aromatic carbocycles. The zero-order valence-corrected chi connectivity index (χ0v) is 11.4. The molecule has 2 saturated heterocycles. The Morgan fingerprint density at radius 2 is 1.89 bits per heavy atom. The molecule has 2 bridgehead atoms. The largest absolute Gasteiger partial charge is 0.390 e. The summed E-state index contributed by atoms with van der Waals surface area (Å²) in [5.41, 5.74) is -0.585. The predicted octanol–water partition coefficient (Wildman–Crippen LogP) is 0.264. The number of piperidine rings is 1. The van der Waals surface area contributed by atoms with E-state index in [0.717, 1.165) is 26.1 Å². The minimum atomic E-state index is -0.585. The molecule has 2 unspecified atom stereocenters. The van der Waals surface area contributed by atoms with Crippen molar-refractivity contribution in [3.63, 3.8) is 0 Å². The molecule has 5 nitrogen and oxygen atoms in total. The summed E-state index contributed by atoms with van der Waals surface area (Å²) >= 11 is 0. The summed E-state index contributed by atoms with van der Waals surface area (Å²) in [7, 11) is 3.79. The van der Waals surface area contributed by atoms with Gasteiger partial charge in [-0.15, -0.1) is 0 Å². The van der Waals surface area contributed by atoms with Crippen molar-refractivity contribution in [3.8, 4) is 0 Å². The third-order valence-corrected chi connectivity index (χ3v) is 4.15. The number of morpholine rings is 1. The van der Waals surface area contributed by atoms with E-state index in [1.807, 2.05) is 0 Å². The van der Waals surface area contributed by atoms with Crippen LogP contribution in [0.5, 0.6) is 0 Å². The summed E-state index contributed by atoms with van der Waals surface area (Å²) in [4.78, 5) is 2.35. The molecule has 0 aromatic rings. The second-order valence-corrected chi connectivity index (χ2v) is 5.50. The molecule has 2 heterocycles. The van der Waals surface area contributed by atoms with E-state index in [9.17, 15) is 5.11 Å². The monoisotopic (exact) mass is 259 g/mol. The van der Waals surface area contributed by atoms with Crippen molar-refractivity contribution < 1.29 is 19.3 Å². The normalized spacial score (nSPS) is 36.8. The molecule has 0 radical (unpaired) electrons. The van der Waals surface area contributed by atoms with Gasteiger partial charge in [-0.2, -0.15) is 0 Å². The molecule has 2 rings (SSSR count). The molecule has 0 saturated carbocycles. The second-order valence-electron chi connectivity index (χ2n) is 5.50. The first-order valence-electron chi connectivity index (χ1n) is 6.73. The predicted molar refractivity (Wildman–Crippen MR) is 67.7 cm³/mol. The highest BCUT2D eigenvalue weighted by atomic mass is 16.5. The summed E-state index contributed by atoms with van der Waals surface area (Å²) in [6, 6.07) is 0.697. The minimum absolute atomic E-state index is 0.349. The van der Waals surface area contributed by atoms with E-state index in [-0.39, 0.29) is 0 Å². The van der Waals surface area contributed by atoms with Gasteiger partial charge in [0, 0.05) is 25.8 Å². The van der Waals surface area contributed by atoms with Crippen LogP contribution in [0.1, 0.15) is 19.3 Å². The summed E-state index contributed by atoms with van der Waals surface area (Å²) in [6.07, 6.45) is 2.28. The maximum absolute atomic E-state index is 10.7. The molecule has 106 valence electrons. The highest BCUT2D eigenvalue weighted by Crippen LogP contribution is 2.35. The minimum Gasteiger partial charge on any atom is -0.390 e. The molecule has 0 spiro atoms. The van der Waals surface area contributed by atoms with E-state index in [1.54, 1.807) is 7.11 Å². The molecule has 5 heteroatoms. The zero-order valence-electron chi connectivity index (χ0n) is 11.4. The highest BCUT2D eigenvalue weighted by molar-refractivity contribution is 4.97. The van der Waals surface area contributed by atoms with Crippen molar-refractivity contribution in [2.75, 3.05) is 47.2 Å². The first-order chi connectivity index (χ1) is 8.64. The smallest absolute Gasteiger partial charge is 0.0701 e. The van der Waals surface area contributed by atoms with Crippen molar-refractivity contribution in [2.24, 2.45) is 0 Å². The average Bonchev–Trinajstić information content (AvgIpc) is 2.31. The number of ether oxygens (including phenoxy) is 3. The molecule has 2 fully saturated rings. The highest BCUT2D eigenvalue weighted by Gasteiger charge is 2.44. The number of rotatable bonds is 6. The third kappa shape index (κ3) is 3.42. The fourth-order valence-corrected chi connectivity index (χ4v) is 2.95. The zero-order chi connectivity index (χ0) is 13.0. The van der Waals surface area contributed by atoms with Crippen LogP contribution in [0.15, 0.2) is 0 Å². The van der Waals surface area contributed by atoms with Gasteiger partial charge in [0.2, 0.25) is 0 Å². The summed E-state index contributed by atoms with van der Waals surface area (Å²) in [5.74, 6) is 0. The SMILES string of the molecule is COCCOCCC1(O)CC2COCC(C1)N2C. The second kappa shape index (κ2) is 6.30. The molecule has 2 aliphatic heterocycles. The lowest BCUT2D eigenvalue weighted by Crippen LogP contribution is -2.60. The average molecular weight is 259 g/mol. The molecule has 0 aromatic heterocycles. The van der Waals surface area contributed by atoms with E-state index in [4.69, 9.17) is 14.2 Å². The number of likely N-dealkylation sites (N-methyl/N-ethyl adjacent to an activating group) is 1. The Balaban J connectivity index is 1.77. The number of aliphatic hydroxyl groups is 1. The fraction of sp³-hybridized carbons (Fsp3) is 1.00.